The summed E-state index contributed by atoms with van der Waals surface area (Å²) in [6, 6.07) is 6.17. The number of amides is 1. The molecule has 0 unspecified atom stereocenters. The van der Waals surface area contributed by atoms with Crippen molar-refractivity contribution in [1.29, 1.82) is 0 Å². The van der Waals surface area contributed by atoms with Crippen molar-refractivity contribution in [3.63, 3.8) is 0 Å². The number of benzene rings is 1. The Morgan fingerprint density at radius 1 is 1.41 bits per heavy atom. The van der Waals surface area contributed by atoms with E-state index in [0.29, 0.717) is 30.9 Å². The van der Waals surface area contributed by atoms with E-state index in [1.54, 1.807) is 24.3 Å². The maximum atomic E-state index is 12.5. The quantitative estimate of drug-likeness (QED) is 0.849. The molecule has 0 bridgehead atoms. The molecule has 1 N–H and O–H groups in total. The molecule has 1 aromatic carbocycles. The van der Waals surface area contributed by atoms with Gasteiger partial charge in [-0.2, -0.15) is 0 Å². The topological polar surface area (TPSA) is 66.8 Å². The predicted molar refractivity (Wildman–Crippen MR) is 83.1 cm³/mol. The smallest absolute Gasteiger partial charge is 0.326 e. The molecule has 1 amide bonds. The molecule has 0 aliphatic carbocycles. The van der Waals surface area contributed by atoms with Crippen LogP contribution < -0.4 is 4.74 Å². The maximum absolute atomic E-state index is 12.5. The predicted octanol–water partition coefficient (Wildman–Crippen LogP) is 2.72. The number of hydrogen-bond donors (Lipinski definition) is 1. The molecule has 0 spiro atoms. The third-order valence-corrected chi connectivity index (χ3v) is 3.62. The third-order valence-electron chi connectivity index (χ3n) is 3.62. The Morgan fingerprint density at radius 2 is 2.18 bits per heavy atom. The first kappa shape index (κ1) is 16.1. The zero-order valence-electron chi connectivity index (χ0n) is 12.9. The molecule has 0 aromatic heterocycles. The zero-order chi connectivity index (χ0) is 16.1. The Kier molecular flexibility index (Phi) is 5.20. The van der Waals surface area contributed by atoms with Gasteiger partial charge in [0.15, 0.2) is 0 Å². The molecule has 1 aliphatic heterocycles. The van der Waals surface area contributed by atoms with E-state index in [9.17, 15) is 14.7 Å². The highest BCUT2D eigenvalue weighted by atomic mass is 16.5. The average molecular weight is 303 g/mol. The maximum Gasteiger partial charge on any atom is 0.326 e. The van der Waals surface area contributed by atoms with E-state index in [-0.39, 0.29) is 5.91 Å². The minimum atomic E-state index is -0.943. The minimum Gasteiger partial charge on any atom is -0.490 e. The van der Waals surface area contributed by atoms with E-state index < -0.39 is 12.0 Å². The summed E-state index contributed by atoms with van der Waals surface area (Å²) >= 11 is 0. The van der Waals surface area contributed by atoms with Crippen molar-refractivity contribution in [2.45, 2.75) is 32.7 Å². The van der Waals surface area contributed by atoms with Crippen molar-refractivity contribution in [3.05, 3.63) is 41.5 Å². The van der Waals surface area contributed by atoms with Crippen LogP contribution in [-0.4, -0.2) is 41.1 Å². The third kappa shape index (κ3) is 3.87. The van der Waals surface area contributed by atoms with Gasteiger partial charge in [0.05, 0.1) is 0 Å². The van der Waals surface area contributed by atoms with Gasteiger partial charge >= 0.3 is 5.97 Å². The number of nitrogens with zero attached hydrogens (tertiary/aromatic N) is 1. The zero-order valence-corrected chi connectivity index (χ0v) is 12.9. The SMILES string of the molecule is CC(C)=CCOc1cccc(C(=O)N2CCC[C@@H]2C(=O)O)c1. The van der Waals surface area contributed by atoms with Crippen molar-refractivity contribution in [1.82, 2.24) is 4.90 Å². The Bertz CT molecular complexity index is 590. The van der Waals surface area contributed by atoms with Gasteiger partial charge in [-0.3, -0.25) is 4.79 Å². The van der Waals surface area contributed by atoms with Gasteiger partial charge in [0.25, 0.3) is 5.91 Å². The monoisotopic (exact) mass is 303 g/mol. The van der Waals surface area contributed by atoms with E-state index >= 15 is 0 Å². The molecule has 5 heteroatoms. The number of carboxylic acids is 1. The lowest BCUT2D eigenvalue weighted by atomic mass is 10.1. The average Bonchev–Trinajstić information content (AvgIpc) is 2.96. The van der Waals surface area contributed by atoms with Gasteiger partial charge in [-0.15, -0.1) is 0 Å². The summed E-state index contributed by atoms with van der Waals surface area (Å²) in [5.41, 5.74) is 1.62. The minimum absolute atomic E-state index is 0.252. The molecule has 1 fully saturated rings. The highest BCUT2D eigenvalue weighted by Crippen LogP contribution is 2.22. The second kappa shape index (κ2) is 7.11. The van der Waals surface area contributed by atoms with E-state index in [0.717, 1.165) is 12.0 Å². The first-order chi connectivity index (χ1) is 10.5. The molecule has 0 saturated carbocycles. The van der Waals surface area contributed by atoms with Crippen LogP contribution in [0.4, 0.5) is 0 Å². The summed E-state index contributed by atoms with van der Waals surface area (Å²) in [6.45, 7) is 4.91. The lowest BCUT2D eigenvalue weighted by Gasteiger charge is -2.21. The molecule has 0 radical (unpaired) electrons. The Morgan fingerprint density at radius 3 is 2.86 bits per heavy atom. The highest BCUT2D eigenvalue weighted by Gasteiger charge is 2.34. The Hall–Kier alpha value is -2.30. The summed E-state index contributed by atoms with van der Waals surface area (Å²) in [5.74, 6) is -0.589. The lowest BCUT2D eigenvalue weighted by Crippen LogP contribution is -2.40. The van der Waals surface area contributed by atoms with Crippen LogP contribution in [0, 0.1) is 0 Å². The summed E-state index contributed by atoms with van der Waals surface area (Å²) in [6.07, 6.45) is 3.19. The fourth-order valence-electron chi connectivity index (χ4n) is 2.46. The van der Waals surface area contributed by atoms with Crippen LogP contribution >= 0.6 is 0 Å². The number of rotatable bonds is 5. The van der Waals surface area contributed by atoms with E-state index in [2.05, 4.69) is 0 Å². The molecular weight excluding hydrogens is 282 g/mol. The van der Waals surface area contributed by atoms with Crippen LogP contribution in [-0.2, 0) is 4.79 Å². The summed E-state index contributed by atoms with van der Waals surface area (Å²) in [7, 11) is 0. The number of carbonyl (C=O) groups excluding carboxylic acids is 1. The first-order valence-corrected chi connectivity index (χ1v) is 7.39. The fraction of sp³-hybridized carbons (Fsp3) is 0.412. The highest BCUT2D eigenvalue weighted by molar-refractivity contribution is 5.97. The van der Waals surface area contributed by atoms with Gasteiger partial charge in [-0.05, 0) is 51.0 Å². The fourth-order valence-corrected chi connectivity index (χ4v) is 2.46. The van der Waals surface area contributed by atoms with Crippen LogP contribution in [0.25, 0.3) is 0 Å². The van der Waals surface area contributed by atoms with Crippen LogP contribution in [0.15, 0.2) is 35.9 Å². The second-order valence-electron chi connectivity index (χ2n) is 5.62. The summed E-state index contributed by atoms with van der Waals surface area (Å²) in [5, 5.41) is 9.18. The largest absolute Gasteiger partial charge is 0.490 e. The van der Waals surface area contributed by atoms with Crippen molar-refractivity contribution in [3.8, 4) is 5.75 Å². The van der Waals surface area contributed by atoms with Crippen LogP contribution in [0.2, 0.25) is 0 Å². The molecule has 2 rings (SSSR count). The summed E-state index contributed by atoms with van der Waals surface area (Å²) in [4.78, 5) is 25.1. The Labute approximate surface area is 130 Å². The molecule has 1 aliphatic rings. The number of aliphatic carboxylic acids is 1. The van der Waals surface area contributed by atoms with E-state index in [1.165, 1.54) is 4.90 Å². The van der Waals surface area contributed by atoms with Crippen molar-refractivity contribution < 1.29 is 19.4 Å². The molecule has 118 valence electrons. The summed E-state index contributed by atoms with van der Waals surface area (Å²) < 4.78 is 5.58. The normalized spacial score (nSPS) is 17.2. The molecule has 5 nitrogen and oxygen atoms in total. The molecule has 1 aromatic rings. The van der Waals surface area contributed by atoms with Crippen LogP contribution in [0.3, 0.4) is 0 Å². The van der Waals surface area contributed by atoms with Crippen molar-refractivity contribution in [2.24, 2.45) is 0 Å². The number of allylic oxidation sites excluding steroid dienone is 1. The van der Waals surface area contributed by atoms with Gasteiger partial charge in [-0.1, -0.05) is 11.6 Å². The standard InChI is InChI=1S/C17H21NO4/c1-12(2)8-10-22-14-6-3-5-13(11-14)16(19)18-9-4-7-15(18)17(20)21/h3,5-6,8,11,15H,4,7,9-10H2,1-2H3,(H,20,21)/t15-/m1/s1. The second-order valence-corrected chi connectivity index (χ2v) is 5.62. The molecule has 1 atom stereocenters. The van der Waals surface area contributed by atoms with Crippen LogP contribution in [0.1, 0.15) is 37.0 Å². The molecular formula is C17H21NO4. The van der Waals surface area contributed by atoms with Gasteiger partial charge in [-0.25, -0.2) is 4.79 Å². The number of hydrogen-bond acceptors (Lipinski definition) is 3. The van der Waals surface area contributed by atoms with Crippen molar-refractivity contribution >= 4 is 11.9 Å². The van der Waals surface area contributed by atoms with Gasteiger partial charge in [0.1, 0.15) is 18.4 Å². The molecule has 22 heavy (non-hydrogen) atoms. The van der Waals surface area contributed by atoms with E-state index in [4.69, 9.17) is 4.74 Å². The van der Waals surface area contributed by atoms with Crippen LogP contribution in [0.5, 0.6) is 5.75 Å². The first-order valence-electron chi connectivity index (χ1n) is 7.39. The van der Waals surface area contributed by atoms with Gasteiger partial charge in [0, 0.05) is 12.1 Å². The number of ether oxygens (including phenoxy) is 1. The van der Waals surface area contributed by atoms with Gasteiger partial charge in [0.2, 0.25) is 0 Å². The number of likely N-dealkylation sites (tertiary alicyclic amines) is 1. The Balaban J connectivity index is 2.10. The van der Waals surface area contributed by atoms with E-state index in [1.807, 2.05) is 19.9 Å². The lowest BCUT2D eigenvalue weighted by molar-refractivity contribution is -0.141. The van der Waals surface area contributed by atoms with Gasteiger partial charge < -0.3 is 14.7 Å². The number of carboxylic acid groups (broad SMARTS) is 1. The molecule has 1 heterocycles. The number of carbonyl (C=O) groups is 2. The molecule has 1 saturated heterocycles. The van der Waals surface area contributed by atoms with Crippen molar-refractivity contribution in [2.75, 3.05) is 13.2 Å².